The van der Waals surface area contributed by atoms with Crippen LogP contribution < -0.4 is 9.30 Å². The van der Waals surface area contributed by atoms with E-state index in [4.69, 9.17) is 9.72 Å². The molecule has 0 radical (unpaired) electrons. The van der Waals surface area contributed by atoms with Gasteiger partial charge in [0.05, 0.1) is 11.4 Å². The van der Waals surface area contributed by atoms with E-state index in [2.05, 4.69) is 271 Å². The van der Waals surface area contributed by atoms with Crippen LogP contribution in [0.5, 0.6) is 11.5 Å². The van der Waals surface area contributed by atoms with Crippen LogP contribution in [0.3, 0.4) is 0 Å². The molecule has 0 saturated carbocycles. The minimum absolute atomic E-state index is 0. The van der Waals surface area contributed by atoms with E-state index in [0.717, 1.165) is 61.4 Å². The molecule has 3 aromatic heterocycles. The summed E-state index contributed by atoms with van der Waals surface area (Å²) in [7, 11) is 0. The summed E-state index contributed by atoms with van der Waals surface area (Å²) in [6, 6.07) is 67.8. The normalized spacial score (nSPS) is 12.3. The molecule has 3 heterocycles. The van der Waals surface area contributed by atoms with Gasteiger partial charge in [-0.3, -0.25) is 4.57 Å². The SMILES string of the molecule is CC(C)(C)c1ccnc(-n2c3[c-]c(Oc4[c-]c(-n5[c-][n+](-c6cc(-c7ccccc7)cc(C(C)(C)c7ccccc7)c6)cc5C(C)(C)C)cc(C(C)(C)c5ccccc5)c4)ccc3c3ccccc32)c1.[Pt]. The van der Waals surface area contributed by atoms with Crippen LogP contribution in [0.2, 0.25) is 0 Å². The number of aromatic nitrogens is 4. The van der Waals surface area contributed by atoms with Crippen LogP contribution in [0.4, 0.5) is 0 Å². The van der Waals surface area contributed by atoms with Gasteiger partial charge in [-0.05, 0) is 91.0 Å². The minimum atomic E-state index is -0.389. The maximum atomic E-state index is 6.98. The van der Waals surface area contributed by atoms with Crippen molar-refractivity contribution in [2.75, 3.05) is 0 Å². The molecule has 0 aliphatic rings. The van der Waals surface area contributed by atoms with Crippen LogP contribution in [0.1, 0.15) is 103 Å². The number of nitrogens with zero attached hydrogens (tertiary/aromatic N) is 4. The van der Waals surface area contributed by atoms with E-state index in [1.807, 2.05) is 12.3 Å². The summed E-state index contributed by atoms with van der Waals surface area (Å²) < 4.78 is 13.5. The Bertz CT molecular complexity index is 3480. The van der Waals surface area contributed by atoms with Gasteiger partial charge >= 0.3 is 0 Å². The minimum Gasteiger partial charge on any atom is -0.510 e. The van der Waals surface area contributed by atoms with Crippen molar-refractivity contribution in [3.63, 3.8) is 0 Å². The second-order valence-electron chi connectivity index (χ2n) is 21.5. The van der Waals surface area contributed by atoms with E-state index < -0.39 is 0 Å². The molecule has 10 aromatic rings. The third kappa shape index (κ3) is 9.20. The number of hydrogen-bond donors (Lipinski definition) is 0. The number of para-hydroxylation sites is 1. The molecule has 6 heteroatoms. The van der Waals surface area contributed by atoms with Crippen LogP contribution in [-0.4, -0.2) is 14.1 Å². The standard InChI is InChI=1S/C64H60N4O.Pt/c1-61(2,3)48-32-33-65-60(39-48)68-57-29-21-20-28-55(57)56-31-30-53(41-58(56)68)69-54-38-50(64(9,10)47-26-18-13-19-27-47)37-52(40-54)67-43-66(42-59(67)62(4,5)6)51-35-45(44-22-14-11-15-23-44)34-49(36-51)63(7,8)46-24-16-12-17-25-46;/h11-39,42H,1-10H3;/q-2;. The predicted molar refractivity (Wildman–Crippen MR) is 282 cm³/mol. The van der Waals surface area contributed by atoms with Crippen molar-refractivity contribution in [2.24, 2.45) is 0 Å². The van der Waals surface area contributed by atoms with Gasteiger partial charge in [0, 0.05) is 55.9 Å². The molecule has 0 N–H and O–H groups in total. The fourth-order valence-corrected chi connectivity index (χ4v) is 9.53. The number of hydrogen-bond acceptors (Lipinski definition) is 2. The maximum absolute atomic E-state index is 6.98. The first-order valence-corrected chi connectivity index (χ1v) is 24.0. The molecule has 0 unspecified atom stereocenters. The third-order valence-electron chi connectivity index (χ3n) is 13.9. The summed E-state index contributed by atoms with van der Waals surface area (Å²) >= 11 is 0. The Balaban J connectivity index is 0.00000608. The van der Waals surface area contributed by atoms with Crippen molar-refractivity contribution in [3.05, 3.63) is 234 Å². The summed E-state index contributed by atoms with van der Waals surface area (Å²) in [5, 5.41) is 2.22. The molecule has 354 valence electrons. The van der Waals surface area contributed by atoms with Crippen molar-refractivity contribution in [3.8, 4) is 39.8 Å². The third-order valence-corrected chi connectivity index (χ3v) is 13.9. The Labute approximate surface area is 428 Å². The van der Waals surface area contributed by atoms with Crippen LogP contribution in [0, 0.1) is 18.5 Å². The van der Waals surface area contributed by atoms with Crippen molar-refractivity contribution < 1.29 is 30.4 Å². The van der Waals surface area contributed by atoms with Crippen LogP contribution in [0.25, 0.3) is 50.1 Å². The van der Waals surface area contributed by atoms with Gasteiger partial charge in [-0.15, -0.1) is 35.2 Å². The topological polar surface area (TPSA) is 35.9 Å². The predicted octanol–water partition coefficient (Wildman–Crippen LogP) is 15.4. The smallest absolute Gasteiger partial charge is 0.267 e. The summed E-state index contributed by atoms with van der Waals surface area (Å²) in [6.45, 7) is 22.6. The van der Waals surface area contributed by atoms with Gasteiger partial charge in [-0.1, -0.05) is 190 Å². The van der Waals surface area contributed by atoms with E-state index in [9.17, 15) is 0 Å². The fraction of sp³-hybridized carbons (Fsp3) is 0.219. The van der Waals surface area contributed by atoms with Crippen molar-refractivity contribution in [2.45, 2.75) is 90.9 Å². The number of pyridine rings is 1. The molecular formula is C64H60N4OPt-2. The van der Waals surface area contributed by atoms with Gasteiger partial charge in [0.1, 0.15) is 5.82 Å². The Morgan fingerprint density at radius 2 is 1.11 bits per heavy atom. The van der Waals surface area contributed by atoms with E-state index in [0.29, 0.717) is 11.5 Å². The average molecular weight is 1100 g/mol. The Hall–Kier alpha value is -6.81. The Morgan fingerprint density at radius 1 is 0.500 bits per heavy atom. The molecule has 5 nitrogen and oxygen atoms in total. The largest absolute Gasteiger partial charge is 0.510 e. The number of fused-ring (bicyclic) bond motifs is 3. The number of benzene rings is 7. The summed E-state index contributed by atoms with van der Waals surface area (Å²) in [4.78, 5) is 4.91. The molecular weight excluding hydrogens is 1040 g/mol. The first kappa shape index (κ1) is 48.2. The average Bonchev–Trinajstić information content (AvgIpc) is 3.96. The maximum Gasteiger partial charge on any atom is 0.267 e. The van der Waals surface area contributed by atoms with Gasteiger partial charge in [0.15, 0.2) is 0 Å². The molecule has 0 saturated heterocycles. The van der Waals surface area contributed by atoms with E-state index in [-0.39, 0.29) is 42.7 Å². The summed E-state index contributed by atoms with van der Waals surface area (Å²) in [5.74, 6) is 2.02. The number of rotatable bonds is 10. The van der Waals surface area contributed by atoms with Gasteiger partial charge in [0.25, 0.3) is 6.33 Å². The van der Waals surface area contributed by atoms with Gasteiger partial charge in [0.2, 0.25) is 0 Å². The zero-order chi connectivity index (χ0) is 48.3. The van der Waals surface area contributed by atoms with Crippen molar-refractivity contribution in [1.29, 1.82) is 0 Å². The molecule has 0 bridgehead atoms. The second kappa shape index (κ2) is 18.5. The molecule has 0 aliphatic heterocycles. The zero-order valence-electron chi connectivity index (χ0n) is 41.8. The zero-order valence-corrected chi connectivity index (χ0v) is 44.1. The molecule has 0 spiro atoms. The van der Waals surface area contributed by atoms with Crippen LogP contribution in [-0.2, 0) is 42.7 Å². The second-order valence-corrected chi connectivity index (χ2v) is 21.5. The monoisotopic (exact) mass is 1100 g/mol. The summed E-state index contributed by atoms with van der Waals surface area (Å²) in [5.41, 5.74) is 12.2. The summed E-state index contributed by atoms with van der Waals surface area (Å²) in [6.07, 6.45) is 7.98. The molecule has 70 heavy (non-hydrogen) atoms. The van der Waals surface area contributed by atoms with Gasteiger partial charge < -0.3 is 13.9 Å². The first-order valence-electron chi connectivity index (χ1n) is 24.0. The van der Waals surface area contributed by atoms with Gasteiger partial charge in [-0.25, -0.2) is 4.98 Å². The molecule has 0 fully saturated rings. The molecule has 10 rings (SSSR count). The number of ether oxygens (including phenoxy) is 1. The van der Waals surface area contributed by atoms with E-state index in [1.54, 1.807) is 0 Å². The molecule has 7 aromatic carbocycles. The number of imidazole rings is 1. The quantitative estimate of drug-likeness (QED) is 0.101. The van der Waals surface area contributed by atoms with Gasteiger partial charge in [-0.2, -0.15) is 12.1 Å². The Kier molecular flexibility index (Phi) is 12.7. The molecule has 0 aliphatic carbocycles. The Morgan fingerprint density at radius 3 is 1.76 bits per heavy atom. The van der Waals surface area contributed by atoms with Crippen LogP contribution >= 0.6 is 0 Å². The van der Waals surface area contributed by atoms with E-state index >= 15 is 0 Å². The fourth-order valence-electron chi connectivity index (χ4n) is 9.53. The van der Waals surface area contributed by atoms with Crippen molar-refractivity contribution >= 4 is 21.8 Å². The first-order chi connectivity index (χ1) is 32.9. The molecule has 0 amide bonds. The molecule has 0 atom stereocenters. The van der Waals surface area contributed by atoms with E-state index in [1.165, 1.54) is 22.3 Å². The van der Waals surface area contributed by atoms with Crippen LogP contribution in [0.15, 0.2) is 182 Å². The van der Waals surface area contributed by atoms with Crippen molar-refractivity contribution in [1.82, 2.24) is 14.1 Å².